The molecule has 0 radical (unpaired) electrons. The monoisotopic (exact) mass is 210 g/mol. The Balaban J connectivity index is 2.43. The third-order valence-corrected chi connectivity index (χ3v) is 1.77. The van der Waals surface area contributed by atoms with Crippen molar-refractivity contribution in [1.82, 2.24) is 10.3 Å². The van der Waals surface area contributed by atoms with E-state index in [4.69, 9.17) is 15.7 Å². The Kier molecular flexibility index (Phi) is 4.36. The second kappa shape index (κ2) is 5.82. The lowest BCUT2D eigenvalue weighted by molar-refractivity contribution is 0.317. The maximum Gasteiger partial charge on any atom is 0.213 e. The van der Waals surface area contributed by atoms with Gasteiger partial charge in [0.15, 0.2) is 5.84 Å². The Morgan fingerprint density at radius 1 is 1.73 bits per heavy atom. The highest BCUT2D eigenvalue weighted by Crippen LogP contribution is 2.07. The molecule has 6 heteroatoms. The van der Waals surface area contributed by atoms with E-state index in [0.717, 1.165) is 5.56 Å². The molecule has 0 spiro atoms. The Bertz CT molecular complexity index is 341. The van der Waals surface area contributed by atoms with Crippen molar-refractivity contribution < 1.29 is 9.94 Å². The Hall–Kier alpha value is -1.82. The van der Waals surface area contributed by atoms with Crippen molar-refractivity contribution >= 4 is 5.84 Å². The summed E-state index contributed by atoms with van der Waals surface area (Å²) in [6, 6.07) is 3.68. The normalized spacial score (nSPS) is 11.4. The number of nitrogens with two attached hydrogens (primary N) is 1. The number of hydrogen-bond donors (Lipinski definition) is 3. The van der Waals surface area contributed by atoms with Gasteiger partial charge in [-0.1, -0.05) is 5.16 Å². The van der Waals surface area contributed by atoms with Crippen LogP contribution in [0.5, 0.6) is 5.88 Å². The molecule has 0 atom stereocenters. The molecule has 1 aromatic rings. The first kappa shape index (κ1) is 11.3. The molecule has 1 rings (SSSR count). The van der Waals surface area contributed by atoms with Crippen LogP contribution in [-0.2, 0) is 6.54 Å². The first-order valence-electron chi connectivity index (χ1n) is 4.42. The molecule has 0 saturated heterocycles. The fourth-order valence-electron chi connectivity index (χ4n) is 1.04. The van der Waals surface area contributed by atoms with Crippen molar-refractivity contribution in [1.29, 1.82) is 0 Å². The largest absolute Gasteiger partial charge is 0.481 e. The lowest BCUT2D eigenvalue weighted by Gasteiger charge is -2.04. The molecule has 0 aromatic carbocycles. The van der Waals surface area contributed by atoms with Crippen LogP contribution in [0.3, 0.4) is 0 Å². The molecule has 0 unspecified atom stereocenters. The van der Waals surface area contributed by atoms with Crippen molar-refractivity contribution in [2.24, 2.45) is 10.9 Å². The van der Waals surface area contributed by atoms with Crippen LogP contribution < -0.4 is 15.8 Å². The van der Waals surface area contributed by atoms with E-state index in [1.807, 2.05) is 12.1 Å². The molecule has 1 aromatic heterocycles. The molecule has 0 fully saturated rings. The van der Waals surface area contributed by atoms with Gasteiger partial charge in [-0.15, -0.1) is 0 Å². The zero-order chi connectivity index (χ0) is 11.1. The Labute approximate surface area is 87.8 Å². The summed E-state index contributed by atoms with van der Waals surface area (Å²) in [5, 5.41) is 14.2. The number of nitrogens with zero attached hydrogens (tertiary/aromatic N) is 2. The molecule has 0 aliphatic rings. The average Bonchev–Trinajstić information content (AvgIpc) is 2.29. The number of methoxy groups -OCH3 is 1. The fraction of sp³-hybridized carbons (Fsp3) is 0.333. The molecule has 0 bridgehead atoms. The van der Waals surface area contributed by atoms with Gasteiger partial charge in [-0.25, -0.2) is 4.98 Å². The summed E-state index contributed by atoms with van der Waals surface area (Å²) in [6.45, 7) is 0.941. The standard InChI is InChI=1S/C9H14N4O2/c1-15-9-4-7(2-3-12-9)5-11-6-8(10)13-14/h2-4,11,14H,5-6H2,1H3,(H2,10,13). The molecule has 6 nitrogen and oxygen atoms in total. The van der Waals surface area contributed by atoms with Gasteiger partial charge in [-0.3, -0.25) is 0 Å². The summed E-state index contributed by atoms with van der Waals surface area (Å²) < 4.78 is 4.98. The molecule has 82 valence electrons. The molecule has 0 saturated carbocycles. The second-order valence-corrected chi connectivity index (χ2v) is 2.90. The molecule has 4 N–H and O–H groups in total. The van der Waals surface area contributed by atoms with Gasteiger partial charge in [0.2, 0.25) is 5.88 Å². The zero-order valence-corrected chi connectivity index (χ0v) is 8.47. The lowest BCUT2D eigenvalue weighted by Crippen LogP contribution is -2.28. The average molecular weight is 210 g/mol. The van der Waals surface area contributed by atoms with Gasteiger partial charge in [0.1, 0.15) is 0 Å². The van der Waals surface area contributed by atoms with Gasteiger partial charge in [-0.05, 0) is 11.6 Å². The van der Waals surface area contributed by atoms with Crippen LogP contribution >= 0.6 is 0 Å². The molecule has 0 aliphatic carbocycles. The molecular formula is C9H14N4O2. The minimum Gasteiger partial charge on any atom is -0.481 e. The topological polar surface area (TPSA) is 92.8 Å². The fourth-order valence-corrected chi connectivity index (χ4v) is 1.04. The minimum atomic E-state index is 0.149. The third-order valence-electron chi connectivity index (χ3n) is 1.77. The van der Waals surface area contributed by atoms with E-state index in [-0.39, 0.29) is 5.84 Å². The molecule has 15 heavy (non-hydrogen) atoms. The number of ether oxygens (including phenoxy) is 1. The maximum absolute atomic E-state index is 8.31. The number of hydrogen-bond acceptors (Lipinski definition) is 5. The van der Waals surface area contributed by atoms with Gasteiger partial charge in [0.05, 0.1) is 13.7 Å². The SMILES string of the molecule is COc1cc(CNCC(N)=NO)ccn1. The summed E-state index contributed by atoms with van der Waals surface area (Å²) in [5.41, 5.74) is 6.31. The van der Waals surface area contributed by atoms with E-state index in [2.05, 4.69) is 15.5 Å². The number of rotatable bonds is 5. The van der Waals surface area contributed by atoms with Crippen molar-refractivity contribution in [2.75, 3.05) is 13.7 Å². The van der Waals surface area contributed by atoms with Crippen LogP contribution in [0, 0.1) is 0 Å². The molecule has 1 heterocycles. The number of aromatic nitrogens is 1. The maximum atomic E-state index is 8.31. The highest BCUT2D eigenvalue weighted by molar-refractivity contribution is 5.81. The van der Waals surface area contributed by atoms with Crippen LogP contribution in [0.15, 0.2) is 23.5 Å². The summed E-state index contributed by atoms with van der Waals surface area (Å²) in [6.07, 6.45) is 1.67. The number of oxime groups is 1. The third kappa shape index (κ3) is 3.82. The number of amidine groups is 1. The highest BCUT2D eigenvalue weighted by atomic mass is 16.5. The number of nitrogens with one attached hydrogen (secondary N) is 1. The Morgan fingerprint density at radius 2 is 2.53 bits per heavy atom. The van der Waals surface area contributed by atoms with Crippen LogP contribution in [-0.4, -0.2) is 29.7 Å². The predicted octanol–water partition coefficient (Wildman–Crippen LogP) is -0.0738. The van der Waals surface area contributed by atoms with Crippen LogP contribution in [0.25, 0.3) is 0 Å². The van der Waals surface area contributed by atoms with Crippen molar-refractivity contribution in [3.8, 4) is 5.88 Å². The van der Waals surface area contributed by atoms with Gasteiger partial charge in [-0.2, -0.15) is 0 Å². The van der Waals surface area contributed by atoms with Crippen molar-refractivity contribution in [3.63, 3.8) is 0 Å². The van der Waals surface area contributed by atoms with Gasteiger partial charge in [0, 0.05) is 18.8 Å². The van der Waals surface area contributed by atoms with Crippen LogP contribution in [0.1, 0.15) is 5.56 Å². The van der Waals surface area contributed by atoms with Gasteiger partial charge >= 0.3 is 0 Å². The predicted molar refractivity (Wildman–Crippen MR) is 55.9 cm³/mol. The summed E-state index contributed by atoms with van der Waals surface area (Å²) >= 11 is 0. The van der Waals surface area contributed by atoms with Crippen LogP contribution in [0.2, 0.25) is 0 Å². The van der Waals surface area contributed by atoms with E-state index in [1.165, 1.54) is 0 Å². The Morgan fingerprint density at radius 3 is 3.20 bits per heavy atom. The van der Waals surface area contributed by atoms with E-state index >= 15 is 0 Å². The van der Waals surface area contributed by atoms with E-state index in [0.29, 0.717) is 19.0 Å². The molecule has 0 aliphatic heterocycles. The summed E-state index contributed by atoms with van der Waals surface area (Å²) in [7, 11) is 1.57. The number of pyridine rings is 1. The van der Waals surface area contributed by atoms with Crippen LogP contribution in [0.4, 0.5) is 0 Å². The van der Waals surface area contributed by atoms with E-state index < -0.39 is 0 Å². The molecular weight excluding hydrogens is 196 g/mol. The minimum absolute atomic E-state index is 0.149. The van der Waals surface area contributed by atoms with Gasteiger partial charge in [0.25, 0.3) is 0 Å². The highest BCUT2D eigenvalue weighted by Gasteiger charge is 1.97. The zero-order valence-electron chi connectivity index (χ0n) is 8.47. The molecule has 0 amide bonds. The van der Waals surface area contributed by atoms with E-state index in [1.54, 1.807) is 13.3 Å². The van der Waals surface area contributed by atoms with Crippen molar-refractivity contribution in [3.05, 3.63) is 23.9 Å². The quantitative estimate of drug-likeness (QED) is 0.274. The van der Waals surface area contributed by atoms with Gasteiger partial charge < -0.3 is 21.0 Å². The second-order valence-electron chi connectivity index (χ2n) is 2.90. The smallest absolute Gasteiger partial charge is 0.213 e. The van der Waals surface area contributed by atoms with E-state index in [9.17, 15) is 0 Å². The first-order chi connectivity index (χ1) is 7.26. The first-order valence-corrected chi connectivity index (χ1v) is 4.42. The summed E-state index contributed by atoms with van der Waals surface area (Å²) in [5.74, 6) is 0.717. The lowest BCUT2D eigenvalue weighted by atomic mass is 10.2. The van der Waals surface area contributed by atoms with Crippen molar-refractivity contribution in [2.45, 2.75) is 6.54 Å². The summed E-state index contributed by atoms with van der Waals surface area (Å²) in [4.78, 5) is 3.98.